The molecule has 0 radical (unpaired) electrons. The summed E-state index contributed by atoms with van der Waals surface area (Å²) in [6, 6.07) is 6.94. The summed E-state index contributed by atoms with van der Waals surface area (Å²) in [7, 11) is 0. The van der Waals surface area contributed by atoms with Crippen LogP contribution in [-0.2, 0) is 4.74 Å². The molecule has 0 aromatic heterocycles. The Bertz CT molecular complexity index is 553. The molecule has 1 aromatic carbocycles. The van der Waals surface area contributed by atoms with E-state index >= 15 is 0 Å². The summed E-state index contributed by atoms with van der Waals surface area (Å²) in [5.74, 6) is 0.750. The van der Waals surface area contributed by atoms with Crippen LogP contribution in [0.5, 0.6) is 0 Å². The molecular weight excluding hydrogens is 292 g/mol. The molecule has 23 heavy (non-hydrogen) atoms. The SMILES string of the molecule is CC1CCN(C(=O)c2ccc(NC(=O)OC(C)(C)C)cc2)CC1. The van der Waals surface area contributed by atoms with Crippen LogP contribution in [0.1, 0.15) is 50.9 Å². The van der Waals surface area contributed by atoms with Crippen molar-refractivity contribution in [3.8, 4) is 0 Å². The Labute approximate surface area is 138 Å². The molecule has 1 N–H and O–H groups in total. The van der Waals surface area contributed by atoms with Gasteiger partial charge in [-0.3, -0.25) is 10.1 Å². The fourth-order valence-corrected chi connectivity index (χ4v) is 2.51. The molecule has 1 aliphatic rings. The molecule has 0 spiro atoms. The summed E-state index contributed by atoms with van der Waals surface area (Å²) in [6.45, 7) is 9.30. The second-order valence-electron chi connectivity index (χ2n) is 7.18. The molecule has 2 amide bonds. The molecule has 1 aromatic rings. The number of benzene rings is 1. The smallest absolute Gasteiger partial charge is 0.412 e. The van der Waals surface area contributed by atoms with Crippen LogP contribution in [-0.4, -0.2) is 35.6 Å². The molecule has 2 rings (SSSR count). The summed E-state index contributed by atoms with van der Waals surface area (Å²) in [5.41, 5.74) is 0.725. The standard InChI is InChI=1S/C18H26N2O3/c1-13-9-11-20(12-10-13)16(21)14-5-7-15(8-6-14)19-17(22)23-18(2,3)4/h5-8,13H,9-12H2,1-4H3,(H,19,22). The van der Waals surface area contributed by atoms with Crippen LogP contribution in [0.15, 0.2) is 24.3 Å². The highest BCUT2D eigenvalue weighted by molar-refractivity contribution is 5.95. The monoisotopic (exact) mass is 318 g/mol. The Morgan fingerprint density at radius 3 is 2.22 bits per heavy atom. The van der Waals surface area contributed by atoms with Crippen molar-refractivity contribution >= 4 is 17.7 Å². The predicted octanol–water partition coefficient (Wildman–Crippen LogP) is 3.91. The number of ether oxygens (including phenoxy) is 1. The minimum Gasteiger partial charge on any atom is -0.444 e. The topological polar surface area (TPSA) is 58.6 Å². The molecule has 5 heteroatoms. The van der Waals surface area contributed by atoms with Crippen molar-refractivity contribution in [2.45, 2.75) is 46.1 Å². The lowest BCUT2D eigenvalue weighted by molar-refractivity contribution is 0.0635. The molecule has 0 aliphatic carbocycles. The maximum Gasteiger partial charge on any atom is 0.412 e. The van der Waals surface area contributed by atoms with Gasteiger partial charge in [-0.1, -0.05) is 6.92 Å². The van der Waals surface area contributed by atoms with E-state index in [1.54, 1.807) is 24.3 Å². The van der Waals surface area contributed by atoms with Crippen molar-refractivity contribution < 1.29 is 14.3 Å². The Morgan fingerprint density at radius 2 is 1.70 bits per heavy atom. The molecule has 0 unspecified atom stereocenters. The zero-order chi connectivity index (χ0) is 17.0. The first kappa shape index (κ1) is 17.3. The average Bonchev–Trinajstić information content (AvgIpc) is 2.46. The van der Waals surface area contributed by atoms with E-state index in [1.165, 1.54) is 0 Å². The highest BCUT2D eigenvalue weighted by Crippen LogP contribution is 2.19. The van der Waals surface area contributed by atoms with E-state index in [1.807, 2.05) is 25.7 Å². The molecule has 126 valence electrons. The van der Waals surface area contributed by atoms with Gasteiger partial charge in [-0.25, -0.2) is 4.79 Å². The van der Waals surface area contributed by atoms with Crippen LogP contribution in [0.25, 0.3) is 0 Å². The molecule has 0 atom stereocenters. The van der Waals surface area contributed by atoms with Crippen LogP contribution >= 0.6 is 0 Å². The maximum atomic E-state index is 12.4. The van der Waals surface area contributed by atoms with E-state index in [-0.39, 0.29) is 5.91 Å². The number of nitrogens with one attached hydrogen (secondary N) is 1. The predicted molar refractivity (Wildman–Crippen MR) is 90.6 cm³/mol. The van der Waals surface area contributed by atoms with Crippen LogP contribution < -0.4 is 5.32 Å². The molecule has 0 bridgehead atoms. The number of piperidine rings is 1. The summed E-state index contributed by atoms with van der Waals surface area (Å²) in [5, 5.41) is 2.66. The van der Waals surface area contributed by atoms with E-state index in [9.17, 15) is 9.59 Å². The number of carbonyl (C=O) groups excluding carboxylic acids is 2. The first-order valence-corrected chi connectivity index (χ1v) is 8.14. The van der Waals surface area contributed by atoms with Crippen molar-refractivity contribution in [1.29, 1.82) is 0 Å². The lowest BCUT2D eigenvalue weighted by Crippen LogP contribution is -2.37. The number of nitrogens with zero attached hydrogens (tertiary/aromatic N) is 1. The third kappa shape index (κ3) is 5.27. The maximum absolute atomic E-state index is 12.4. The molecular formula is C18H26N2O3. The zero-order valence-electron chi connectivity index (χ0n) is 14.4. The van der Waals surface area contributed by atoms with Crippen LogP contribution in [0.3, 0.4) is 0 Å². The summed E-state index contributed by atoms with van der Waals surface area (Å²) in [4.78, 5) is 26.1. The Balaban J connectivity index is 1.94. The summed E-state index contributed by atoms with van der Waals surface area (Å²) in [6.07, 6.45) is 1.62. The van der Waals surface area contributed by atoms with E-state index in [0.29, 0.717) is 17.2 Å². The number of hydrogen-bond acceptors (Lipinski definition) is 3. The van der Waals surface area contributed by atoms with Gasteiger partial charge in [-0.15, -0.1) is 0 Å². The van der Waals surface area contributed by atoms with Gasteiger partial charge in [0.15, 0.2) is 0 Å². The molecule has 1 heterocycles. The summed E-state index contributed by atoms with van der Waals surface area (Å²) < 4.78 is 5.20. The minimum atomic E-state index is -0.536. The number of carbonyl (C=O) groups is 2. The van der Waals surface area contributed by atoms with Crippen LogP contribution in [0.4, 0.5) is 10.5 Å². The quantitative estimate of drug-likeness (QED) is 0.899. The largest absolute Gasteiger partial charge is 0.444 e. The normalized spacial score (nSPS) is 16.1. The fraction of sp³-hybridized carbons (Fsp3) is 0.556. The molecule has 1 fully saturated rings. The Morgan fingerprint density at radius 1 is 1.13 bits per heavy atom. The zero-order valence-corrected chi connectivity index (χ0v) is 14.4. The van der Waals surface area contributed by atoms with Crippen molar-refractivity contribution in [2.75, 3.05) is 18.4 Å². The van der Waals surface area contributed by atoms with Gasteiger partial charge < -0.3 is 9.64 Å². The molecule has 1 aliphatic heterocycles. The van der Waals surface area contributed by atoms with Crippen molar-refractivity contribution in [3.05, 3.63) is 29.8 Å². The third-order valence-electron chi connectivity index (χ3n) is 3.85. The lowest BCUT2D eigenvalue weighted by Gasteiger charge is -2.30. The first-order valence-electron chi connectivity index (χ1n) is 8.14. The van der Waals surface area contributed by atoms with Gasteiger partial charge in [-0.2, -0.15) is 0 Å². The lowest BCUT2D eigenvalue weighted by atomic mass is 9.98. The highest BCUT2D eigenvalue weighted by Gasteiger charge is 2.21. The number of amides is 2. The highest BCUT2D eigenvalue weighted by atomic mass is 16.6. The van der Waals surface area contributed by atoms with Gasteiger partial charge in [0.2, 0.25) is 0 Å². The van der Waals surface area contributed by atoms with Gasteiger partial charge in [0, 0.05) is 24.3 Å². The molecule has 5 nitrogen and oxygen atoms in total. The molecule has 1 saturated heterocycles. The van der Waals surface area contributed by atoms with Crippen molar-refractivity contribution in [3.63, 3.8) is 0 Å². The fourth-order valence-electron chi connectivity index (χ4n) is 2.51. The van der Waals surface area contributed by atoms with E-state index in [4.69, 9.17) is 4.74 Å². The average molecular weight is 318 g/mol. The van der Waals surface area contributed by atoms with Gasteiger partial charge in [-0.05, 0) is 63.8 Å². The van der Waals surface area contributed by atoms with Crippen LogP contribution in [0, 0.1) is 5.92 Å². The third-order valence-corrected chi connectivity index (χ3v) is 3.85. The van der Waals surface area contributed by atoms with Crippen molar-refractivity contribution in [1.82, 2.24) is 4.90 Å². The second-order valence-corrected chi connectivity index (χ2v) is 7.18. The Hall–Kier alpha value is -2.04. The first-order chi connectivity index (χ1) is 10.7. The number of hydrogen-bond donors (Lipinski definition) is 1. The minimum absolute atomic E-state index is 0.0562. The van der Waals surface area contributed by atoms with Gasteiger partial charge in [0.05, 0.1) is 0 Å². The van der Waals surface area contributed by atoms with E-state index < -0.39 is 11.7 Å². The Kier molecular flexibility index (Phi) is 5.29. The van der Waals surface area contributed by atoms with E-state index in [0.717, 1.165) is 25.9 Å². The number of rotatable bonds is 2. The molecule has 0 saturated carbocycles. The van der Waals surface area contributed by atoms with Crippen LogP contribution in [0.2, 0.25) is 0 Å². The number of likely N-dealkylation sites (tertiary alicyclic amines) is 1. The van der Waals surface area contributed by atoms with E-state index in [2.05, 4.69) is 12.2 Å². The summed E-state index contributed by atoms with van der Waals surface area (Å²) >= 11 is 0. The van der Waals surface area contributed by atoms with Gasteiger partial charge in [0.25, 0.3) is 5.91 Å². The van der Waals surface area contributed by atoms with Gasteiger partial charge >= 0.3 is 6.09 Å². The van der Waals surface area contributed by atoms with Gasteiger partial charge in [0.1, 0.15) is 5.60 Å². The second kappa shape index (κ2) is 7.02. The number of anilines is 1. The van der Waals surface area contributed by atoms with Crippen molar-refractivity contribution in [2.24, 2.45) is 5.92 Å².